The maximum Gasteiger partial charge on any atom is 0.144 e. The van der Waals surface area contributed by atoms with Crippen molar-refractivity contribution < 1.29 is 9.13 Å². The molecule has 0 saturated heterocycles. The van der Waals surface area contributed by atoms with Crippen LogP contribution in [0.25, 0.3) is 0 Å². The second-order valence-corrected chi connectivity index (χ2v) is 6.93. The second-order valence-electron chi connectivity index (χ2n) is 6.93. The summed E-state index contributed by atoms with van der Waals surface area (Å²) in [6, 6.07) is 6.64. The Balaban J connectivity index is 1.67. The first-order valence-corrected chi connectivity index (χ1v) is 7.55. The van der Waals surface area contributed by atoms with Gasteiger partial charge in [0.2, 0.25) is 0 Å². The lowest BCUT2D eigenvalue weighted by molar-refractivity contribution is -0.107. The third-order valence-corrected chi connectivity index (χ3v) is 5.40. The average molecular weight is 271 g/mol. The van der Waals surface area contributed by atoms with Crippen LogP contribution in [0.4, 0.5) is 4.39 Å². The van der Waals surface area contributed by atoms with Gasteiger partial charge >= 0.3 is 0 Å². The summed E-state index contributed by atoms with van der Waals surface area (Å²) >= 11 is 0. The Hall–Kier alpha value is -1.56. The van der Waals surface area contributed by atoms with Gasteiger partial charge in [-0.2, -0.15) is 5.26 Å². The molecule has 104 valence electrons. The topological polar surface area (TPSA) is 33.0 Å². The molecule has 0 spiro atoms. The third kappa shape index (κ3) is 1.82. The summed E-state index contributed by atoms with van der Waals surface area (Å²) in [7, 11) is 0. The summed E-state index contributed by atoms with van der Waals surface area (Å²) in [6.45, 7) is 0. The molecule has 4 aliphatic carbocycles. The van der Waals surface area contributed by atoms with Crippen molar-refractivity contribution >= 4 is 0 Å². The molecule has 0 atom stereocenters. The predicted molar refractivity (Wildman–Crippen MR) is 72.6 cm³/mol. The fourth-order valence-corrected chi connectivity index (χ4v) is 5.09. The van der Waals surface area contributed by atoms with Crippen LogP contribution >= 0.6 is 0 Å². The van der Waals surface area contributed by atoms with Gasteiger partial charge in [0.15, 0.2) is 0 Å². The molecule has 0 radical (unpaired) electrons. The molecule has 1 aromatic rings. The van der Waals surface area contributed by atoms with E-state index in [0.717, 1.165) is 37.0 Å². The summed E-state index contributed by atoms with van der Waals surface area (Å²) < 4.78 is 20.0. The Bertz CT molecular complexity index is 554. The first kappa shape index (κ1) is 12.2. The van der Waals surface area contributed by atoms with Gasteiger partial charge in [0.05, 0.1) is 0 Å². The molecule has 5 rings (SSSR count). The van der Waals surface area contributed by atoms with E-state index in [9.17, 15) is 4.39 Å². The van der Waals surface area contributed by atoms with Crippen molar-refractivity contribution in [2.75, 3.05) is 0 Å². The number of hydrogen-bond donors (Lipinski definition) is 0. The van der Waals surface area contributed by atoms with Crippen LogP contribution in [0.5, 0.6) is 5.75 Å². The van der Waals surface area contributed by atoms with Crippen LogP contribution in [-0.4, -0.2) is 5.60 Å². The SMILES string of the molecule is N#Cc1c(F)cccc1OC12CC3CC(CC(C3)C1)C2. The fraction of sp³-hybridized carbons (Fsp3) is 0.588. The van der Waals surface area contributed by atoms with Gasteiger partial charge in [0.1, 0.15) is 28.8 Å². The van der Waals surface area contributed by atoms with Gasteiger partial charge in [-0.1, -0.05) is 6.07 Å². The molecule has 1 aromatic carbocycles. The number of nitrogens with zero attached hydrogens (tertiary/aromatic N) is 1. The Morgan fingerprint density at radius 1 is 1.10 bits per heavy atom. The molecule has 0 N–H and O–H groups in total. The van der Waals surface area contributed by atoms with Crippen molar-refractivity contribution in [2.45, 2.75) is 44.1 Å². The average Bonchev–Trinajstić information content (AvgIpc) is 2.36. The molecule has 20 heavy (non-hydrogen) atoms. The minimum Gasteiger partial charge on any atom is -0.486 e. The zero-order chi connectivity index (χ0) is 13.7. The highest BCUT2D eigenvalue weighted by atomic mass is 19.1. The standard InChI is InChI=1S/C17H18FNO/c18-15-2-1-3-16(14(15)10-19)20-17-7-11-4-12(8-17)6-13(5-11)9-17/h1-3,11-13H,4-9H2. The normalized spacial score (nSPS) is 37.7. The minimum absolute atomic E-state index is 0.0586. The summed E-state index contributed by atoms with van der Waals surface area (Å²) in [5.74, 6) is 2.30. The molecule has 0 aromatic heterocycles. The van der Waals surface area contributed by atoms with Gasteiger partial charge in [-0.25, -0.2) is 4.39 Å². The lowest BCUT2D eigenvalue weighted by Gasteiger charge is -2.56. The molecule has 2 nitrogen and oxygen atoms in total. The molecular formula is C17H18FNO. The maximum absolute atomic E-state index is 13.7. The Morgan fingerprint density at radius 2 is 1.70 bits per heavy atom. The summed E-state index contributed by atoms with van der Waals surface area (Å²) in [4.78, 5) is 0. The fourth-order valence-electron chi connectivity index (χ4n) is 5.09. The molecule has 0 heterocycles. The van der Waals surface area contributed by atoms with Gasteiger partial charge < -0.3 is 4.74 Å². The van der Waals surface area contributed by atoms with Gasteiger partial charge in [-0.15, -0.1) is 0 Å². The monoisotopic (exact) mass is 271 g/mol. The first-order valence-electron chi connectivity index (χ1n) is 7.55. The molecule has 4 saturated carbocycles. The van der Waals surface area contributed by atoms with Crippen molar-refractivity contribution in [3.63, 3.8) is 0 Å². The summed E-state index contributed by atoms with van der Waals surface area (Å²) in [5.41, 5.74) is -0.0722. The predicted octanol–water partition coefficient (Wildman–Crippen LogP) is 4.04. The highest BCUT2D eigenvalue weighted by Crippen LogP contribution is 2.57. The highest BCUT2D eigenvalue weighted by Gasteiger charge is 2.52. The minimum atomic E-state index is -0.477. The molecule has 3 heteroatoms. The maximum atomic E-state index is 13.7. The van der Waals surface area contributed by atoms with Crippen LogP contribution in [0.3, 0.4) is 0 Å². The quantitative estimate of drug-likeness (QED) is 0.813. The Morgan fingerprint density at radius 3 is 2.25 bits per heavy atom. The van der Waals surface area contributed by atoms with E-state index in [0.29, 0.717) is 5.75 Å². The Kier molecular flexibility index (Phi) is 2.57. The number of ether oxygens (including phenoxy) is 1. The molecule has 4 bridgehead atoms. The van der Waals surface area contributed by atoms with E-state index < -0.39 is 5.82 Å². The van der Waals surface area contributed by atoms with Crippen LogP contribution in [0.15, 0.2) is 18.2 Å². The van der Waals surface area contributed by atoms with Crippen LogP contribution in [0.1, 0.15) is 44.1 Å². The second kappa shape index (κ2) is 4.22. The first-order chi connectivity index (χ1) is 9.67. The van der Waals surface area contributed by atoms with Crippen LogP contribution in [0, 0.1) is 34.9 Å². The molecule has 4 fully saturated rings. The zero-order valence-corrected chi connectivity index (χ0v) is 11.4. The molecule has 0 aliphatic heterocycles. The van der Waals surface area contributed by atoms with Crippen LogP contribution in [0.2, 0.25) is 0 Å². The van der Waals surface area contributed by atoms with E-state index in [1.807, 2.05) is 6.07 Å². The lowest BCUT2D eigenvalue weighted by atomic mass is 9.54. The number of nitriles is 1. The third-order valence-electron chi connectivity index (χ3n) is 5.40. The van der Waals surface area contributed by atoms with E-state index in [2.05, 4.69) is 0 Å². The number of hydrogen-bond acceptors (Lipinski definition) is 2. The van der Waals surface area contributed by atoms with Crippen molar-refractivity contribution in [2.24, 2.45) is 17.8 Å². The number of halogens is 1. The van der Waals surface area contributed by atoms with Gasteiger partial charge in [-0.05, 0) is 68.4 Å². The number of benzene rings is 1. The van der Waals surface area contributed by atoms with Crippen molar-refractivity contribution in [1.82, 2.24) is 0 Å². The van der Waals surface area contributed by atoms with Gasteiger partial charge in [0.25, 0.3) is 0 Å². The summed E-state index contributed by atoms with van der Waals surface area (Å²) in [5, 5.41) is 9.14. The Labute approximate surface area is 118 Å². The van der Waals surface area contributed by atoms with Crippen LogP contribution < -0.4 is 4.74 Å². The van der Waals surface area contributed by atoms with Crippen molar-refractivity contribution in [3.8, 4) is 11.8 Å². The van der Waals surface area contributed by atoms with Crippen molar-refractivity contribution in [3.05, 3.63) is 29.6 Å². The van der Waals surface area contributed by atoms with E-state index in [1.165, 1.54) is 25.3 Å². The number of rotatable bonds is 2. The molecular weight excluding hydrogens is 253 g/mol. The van der Waals surface area contributed by atoms with Crippen molar-refractivity contribution in [1.29, 1.82) is 5.26 Å². The lowest BCUT2D eigenvalue weighted by Crippen LogP contribution is -2.53. The van der Waals surface area contributed by atoms with E-state index in [-0.39, 0.29) is 11.2 Å². The van der Waals surface area contributed by atoms with E-state index in [4.69, 9.17) is 10.00 Å². The van der Waals surface area contributed by atoms with Gasteiger partial charge in [-0.3, -0.25) is 0 Å². The van der Waals surface area contributed by atoms with E-state index >= 15 is 0 Å². The largest absolute Gasteiger partial charge is 0.486 e. The highest BCUT2D eigenvalue weighted by molar-refractivity contribution is 5.44. The molecule has 0 amide bonds. The zero-order valence-electron chi connectivity index (χ0n) is 11.4. The molecule has 4 aliphatic rings. The van der Waals surface area contributed by atoms with Crippen LogP contribution in [-0.2, 0) is 0 Å². The summed E-state index contributed by atoms with van der Waals surface area (Å²) in [6.07, 6.45) is 7.28. The van der Waals surface area contributed by atoms with E-state index in [1.54, 1.807) is 12.1 Å². The van der Waals surface area contributed by atoms with Gasteiger partial charge in [0, 0.05) is 0 Å². The smallest absolute Gasteiger partial charge is 0.144 e. The molecule has 0 unspecified atom stereocenters.